The van der Waals surface area contributed by atoms with E-state index in [4.69, 9.17) is 4.74 Å². The first kappa shape index (κ1) is 17.0. The van der Waals surface area contributed by atoms with Crippen LogP contribution in [0.3, 0.4) is 0 Å². The van der Waals surface area contributed by atoms with E-state index in [1.807, 2.05) is 60.8 Å². The van der Waals surface area contributed by atoms with Crippen molar-refractivity contribution in [2.75, 3.05) is 17.2 Å². The number of thiophene rings is 1. The lowest BCUT2D eigenvalue weighted by molar-refractivity contribution is -0.115. The Morgan fingerprint density at radius 3 is 2.56 bits per heavy atom. The zero-order valence-corrected chi connectivity index (χ0v) is 14.7. The summed E-state index contributed by atoms with van der Waals surface area (Å²) in [4.78, 5) is 17.4. The lowest BCUT2D eigenvalue weighted by Crippen LogP contribution is -2.13. The zero-order chi connectivity index (χ0) is 17.5. The van der Waals surface area contributed by atoms with Crippen molar-refractivity contribution in [1.29, 1.82) is 0 Å². The number of pyridine rings is 1. The first-order valence-electron chi connectivity index (χ1n) is 8.01. The van der Waals surface area contributed by atoms with Gasteiger partial charge in [-0.15, -0.1) is 11.3 Å². The van der Waals surface area contributed by atoms with E-state index in [9.17, 15) is 4.79 Å². The summed E-state index contributed by atoms with van der Waals surface area (Å²) in [5.74, 6) is 1.50. The highest BCUT2D eigenvalue weighted by atomic mass is 32.1. The summed E-state index contributed by atoms with van der Waals surface area (Å²) in [6.45, 7) is 2.60. The fourth-order valence-corrected chi connectivity index (χ4v) is 2.97. The molecule has 0 aliphatic rings. The third kappa shape index (κ3) is 5.06. The maximum atomic E-state index is 12.0. The molecule has 2 aromatic heterocycles. The molecule has 0 radical (unpaired) electrons. The molecular weight excluding hydrogens is 334 g/mol. The van der Waals surface area contributed by atoms with Crippen LogP contribution < -0.4 is 15.4 Å². The third-order valence-electron chi connectivity index (χ3n) is 3.40. The van der Waals surface area contributed by atoms with E-state index in [1.165, 1.54) is 0 Å². The quantitative estimate of drug-likeness (QED) is 0.658. The predicted octanol–water partition coefficient (Wildman–Crippen LogP) is 4.47. The molecule has 2 heterocycles. The van der Waals surface area contributed by atoms with Gasteiger partial charge in [0, 0.05) is 10.6 Å². The minimum atomic E-state index is -0.0449. The highest BCUT2D eigenvalue weighted by Crippen LogP contribution is 2.20. The van der Waals surface area contributed by atoms with Gasteiger partial charge in [-0.3, -0.25) is 4.79 Å². The summed E-state index contributed by atoms with van der Waals surface area (Å²) in [5, 5.41) is 8.03. The first-order chi connectivity index (χ1) is 12.2. The van der Waals surface area contributed by atoms with Crippen molar-refractivity contribution in [3.05, 3.63) is 65.0 Å². The Balaban J connectivity index is 1.55. The van der Waals surface area contributed by atoms with Crippen molar-refractivity contribution < 1.29 is 9.53 Å². The molecule has 128 valence electrons. The van der Waals surface area contributed by atoms with Gasteiger partial charge in [0.25, 0.3) is 0 Å². The van der Waals surface area contributed by atoms with E-state index < -0.39 is 0 Å². The molecule has 0 atom stereocenters. The van der Waals surface area contributed by atoms with Crippen molar-refractivity contribution >= 4 is 34.4 Å². The normalized spacial score (nSPS) is 10.3. The maximum Gasteiger partial charge on any atom is 0.229 e. The number of aromatic nitrogens is 1. The SMILES string of the molecule is CCOc1ccc(Nc2ccc(NC(=O)Cc3cccs3)cn2)cc1. The largest absolute Gasteiger partial charge is 0.494 e. The number of rotatable bonds is 7. The van der Waals surface area contributed by atoms with Crippen molar-refractivity contribution in [3.8, 4) is 5.75 Å². The number of amides is 1. The standard InChI is InChI=1S/C19H19N3O2S/c1-2-24-16-8-5-14(6-9-16)21-18-10-7-15(13-20-18)22-19(23)12-17-4-3-11-25-17/h3-11,13H,2,12H2,1H3,(H,20,21)(H,22,23). The summed E-state index contributed by atoms with van der Waals surface area (Å²) in [6.07, 6.45) is 2.02. The van der Waals surface area contributed by atoms with Gasteiger partial charge in [0.1, 0.15) is 11.6 Å². The van der Waals surface area contributed by atoms with Gasteiger partial charge < -0.3 is 15.4 Å². The monoisotopic (exact) mass is 353 g/mol. The van der Waals surface area contributed by atoms with Crippen LogP contribution in [0.2, 0.25) is 0 Å². The average Bonchev–Trinajstić information content (AvgIpc) is 3.11. The number of nitrogens with zero attached hydrogens (tertiary/aromatic N) is 1. The Hall–Kier alpha value is -2.86. The van der Waals surface area contributed by atoms with Crippen LogP contribution in [0.15, 0.2) is 60.1 Å². The Labute approximate surface area is 150 Å². The van der Waals surface area contributed by atoms with Crippen LogP contribution in [0.4, 0.5) is 17.2 Å². The van der Waals surface area contributed by atoms with Crippen LogP contribution in [0.1, 0.15) is 11.8 Å². The van der Waals surface area contributed by atoms with Gasteiger partial charge in [0.05, 0.1) is 24.9 Å². The molecule has 0 saturated heterocycles. The molecule has 0 fully saturated rings. The number of nitrogens with one attached hydrogen (secondary N) is 2. The molecule has 5 nitrogen and oxygen atoms in total. The second-order valence-electron chi connectivity index (χ2n) is 5.32. The molecule has 2 N–H and O–H groups in total. The van der Waals surface area contributed by atoms with Crippen LogP contribution in [0.5, 0.6) is 5.75 Å². The fourth-order valence-electron chi connectivity index (χ4n) is 2.27. The molecule has 0 aliphatic carbocycles. The molecule has 6 heteroatoms. The number of hydrogen-bond donors (Lipinski definition) is 2. The van der Waals surface area contributed by atoms with Crippen molar-refractivity contribution in [2.45, 2.75) is 13.3 Å². The van der Waals surface area contributed by atoms with Crippen LogP contribution in [0.25, 0.3) is 0 Å². The summed E-state index contributed by atoms with van der Waals surface area (Å²) in [5.41, 5.74) is 1.60. The molecule has 1 amide bonds. The second kappa shape index (κ2) is 8.30. The number of carbonyl (C=O) groups excluding carboxylic acids is 1. The van der Waals surface area contributed by atoms with Crippen molar-refractivity contribution in [2.24, 2.45) is 0 Å². The van der Waals surface area contributed by atoms with Crippen LogP contribution in [-0.2, 0) is 11.2 Å². The van der Waals surface area contributed by atoms with E-state index in [0.29, 0.717) is 24.5 Å². The Kier molecular flexibility index (Phi) is 5.64. The molecule has 0 spiro atoms. The second-order valence-corrected chi connectivity index (χ2v) is 6.35. The molecule has 3 aromatic rings. The first-order valence-corrected chi connectivity index (χ1v) is 8.89. The van der Waals surface area contributed by atoms with Gasteiger partial charge in [0.2, 0.25) is 5.91 Å². The number of anilines is 3. The van der Waals surface area contributed by atoms with Crippen LogP contribution in [-0.4, -0.2) is 17.5 Å². The zero-order valence-electron chi connectivity index (χ0n) is 13.9. The van der Waals surface area contributed by atoms with E-state index in [0.717, 1.165) is 16.3 Å². The average molecular weight is 353 g/mol. The molecule has 0 saturated carbocycles. The molecule has 0 unspecified atom stereocenters. The Morgan fingerprint density at radius 1 is 1.12 bits per heavy atom. The Morgan fingerprint density at radius 2 is 1.92 bits per heavy atom. The smallest absolute Gasteiger partial charge is 0.229 e. The summed E-state index contributed by atoms with van der Waals surface area (Å²) in [7, 11) is 0. The number of hydrogen-bond acceptors (Lipinski definition) is 5. The van der Waals surface area contributed by atoms with Crippen molar-refractivity contribution in [3.63, 3.8) is 0 Å². The molecule has 1 aromatic carbocycles. The van der Waals surface area contributed by atoms with Gasteiger partial charge in [-0.2, -0.15) is 0 Å². The summed E-state index contributed by atoms with van der Waals surface area (Å²) >= 11 is 1.57. The van der Waals surface area contributed by atoms with Gasteiger partial charge >= 0.3 is 0 Å². The fraction of sp³-hybridized carbons (Fsp3) is 0.158. The van der Waals surface area contributed by atoms with Crippen molar-refractivity contribution in [1.82, 2.24) is 4.98 Å². The minimum absolute atomic E-state index is 0.0449. The summed E-state index contributed by atoms with van der Waals surface area (Å²) < 4.78 is 5.42. The maximum absolute atomic E-state index is 12.0. The number of carbonyl (C=O) groups is 1. The molecular formula is C19H19N3O2S. The highest BCUT2D eigenvalue weighted by molar-refractivity contribution is 7.10. The predicted molar refractivity (Wildman–Crippen MR) is 102 cm³/mol. The molecule has 0 aliphatic heterocycles. The lowest BCUT2D eigenvalue weighted by atomic mass is 10.3. The van der Waals surface area contributed by atoms with E-state index >= 15 is 0 Å². The highest BCUT2D eigenvalue weighted by Gasteiger charge is 2.05. The number of ether oxygens (including phenoxy) is 1. The van der Waals surface area contributed by atoms with E-state index in [-0.39, 0.29) is 5.91 Å². The van der Waals surface area contributed by atoms with Gasteiger partial charge in [-0.1, -0.05) is 6.07 Å². The van der Waals surface area contributed by atoms with E-state index in [2.05, 4.69) is 15.6 Å². The Bertz CT molecular complexity index is 800. The minimum Gasteiger partial charge on any atom is -0.494 e. The third-order valence-corrected chi connectivity index (χ3v) is 4.28. The lowest BCUT2D eigenvalue weighted by Gasteiger charge is -2.09. The summed E-state index contributed by atoms with van der Waals surface area (Å²) in [6, 6.07) is 15.2. The topological polar surface area (TPSA) is 63.2 Å². The van der Waals surface area contributed by atoms with Crippen LogP contribution in [0, 0.1) is 0 Å². The van der Waals surface area contributed by atoms with Gasteiger partial charge in [-0.05, 0) is 54.8 Å². The molecule has 0 bridgehead atoms. The van der Waals surface area contributed by atoms with E-state index in [1.54, 1.807) is 17.5 Å². The van der Waals surface area contributed by atoms with Crippen LogP contribution >= 0.6 is 11.3 Å². The molecule has 3 rings (SSSR count). The number of benzene rings is 1. The van der Waals surface area contributed by atoms with Gasteiger partial charge in [0.15, 0.2) is 0 Å². The molecule has 25 heavy (non-hydrogen) atoms. The van der Waals surface area contributed by atoms with Gasteiger partial charge in [-0.25, -0.2) is 4.98 Å².